The van der Waals surface area contributed by atoms with Gasteiger partial charge >= 0.3 is 5.97 Å². The second-order valence-electron chi connectivity index (χ2n) is 3.76. The molecule has 0 aliphatic rings. The molecule has 7 heteroatoms. The zero-order chi connectivity index (χ0) is 14.4. The van der Waals surface area contributed by atoms with E-state index in [4.69, 9.17) is 10.00 Å². The van der Waals surface area contributed by atoms with Crippen LogP contribution in [0, 0.1) is 11.3 Å². The van der Waals surface area contributed by atoms with Gasteiger partial charge in [-0.25, -0.2) is 9.78 Å². The SMILES string of the molecule is CCOC(=O)/C(C#N)=C/NNc1nc2ccccc2[nH]1. The van der Waals surface area contributed by atoms with Gasteiger partial charge in [0.1, 0.15) is 6.07 Å². The molecule has 20 heavy (non-hydrogen) atoms. The highest BCUT2D eigenvalue weighted by Gasteiger charge is 2.09. The number of anilines is 1. The molecule has 1 aromatic carbocycles. The Kier molecular flexibility index (Phi) is 4.19. The maximum atomic E-state index is 11.4. The van der Waals surface area contributed by atoms with Crippen molar-refractivity contribution in [2.45, 2.75) is 6.92 Å². The van der Waals surface area contributed by atoms with E-state index in [1.807, 2.05) is 24.3 Å². The third-order valence-corrected chi connectivity index (χ3v) is 2.41. The third kappa shape index (κ3) is 3.05. The van der Waals surface area contributed by atoms with Crippen LogP contribution in [0.15, 0.2) is 36.0 Å². The minimum atomic E-state index is -0.672. The van der Waals surface area contributed by atoms with E-state index >= 15 is 0 Å². The molecule has 7 nitrogen and oxygen atoms in total. The van der Waals surface area contributed by atoms with E-state index in [2.05, 4.69) is 20.8 Å². The molecule has 0 atom stereocenters. The second-order valence-corrected chi connectivity index (χ2v) is 3.76. The van der Waals surface area contributed by atoms with Gasteiger partial charge in [0.05, 0.1) is 17.6 Å². The average molecular weight is 271 g/mol. The highest BCUT2D eigenvalue weighted by molar-refractivity contribution is 5.92. The van der Waals surface area contributed by atoms with Crippen molar-refractivity contribution in [1.29, 1.82) is 5.26 Å². The van der Waals surface area contributed by atoms with Crippen LogP contribution in [-0.4, -0.2) is 22.5 Å². The van der Waals surface area contributed by atoms with Gasteiger partial charge in [-0.15, -0.1) is 0 Å². The van der Waals surface area contributed by atoms with E-state index in [9.17, 15) is 4.79 Å². The Morgan fingerprint density at radius 1 is 1.55 bits per heavy atom. The minimum Gasteiger partial charge on any atom is -0.462 e. The Morgan fingerprint density at radius 2 is 2.35 bits per heavy atom. The predicted molar refractivity (Wildman–Crippen MR) is 73.2 cm³/mol. The molecule has 1 aromatic heterocycles. The van der Waals surface area contributed by atoms with Crippen LogP contribution in [0.25, 0.3) is 11.0 Å². The van der Waals surface area contributed by atoms with Gasteiger partial charge in [-0.1, -0.05) is 12.1 Å². The predicted octanol–water partition coefficient (Wildman–Crippen LogP) is 1.45. The number of nitrogens with one attached hydrogen (secondary N) is 3. The summed E-state index contributed by atoms with van der Waals surface area (Å²) in [6, 6.07) is 9.29. The summed E-state index contributed by atoms with van der Waals surface area (Å²) in [4.78, 5) is 18.6. The van der Waals surface area contributed by atoms with Crippen molar-refractivity contribution in [3.63, 3.8) is 0 Å². The number of carbonyl (C=O) groups excluding carboxylic acids is 1. The summed E-state index contributed by atoms with van der Waals surface area (Å²) < 4.78 is 4.72. The number of carbonyl (C=O) groups is 1. The summed E-state index contributed by atoms with van der Waals surface area (Å²) in [5.41, 5.74) is 6.93. The molecule has 0 spiro atoms. The maximum Gasteiger partial charge on any atom is 0.350 e. The summed E-state index contributed by atoms with van der Waals surface area (Å²) in [6.45, 7) is 1.89. The first-order valence-electron chi connectivity index (χ1n) is 5.98. The van der Waals surface area contributed by atoms with Gasteiger partial charge < -0.3 is 15.1 Å². The fourth-order valence-electron chi connectivity index (χ4n) is 1.53. The van der Waals surface area contributed by atoms with Gasteiger partial charge in [-0.2, -0.15) is 5.26 Å². The first-order chi connectivity index (χ1) is 9.74. The lowest BCUT2D eigenvalue weighted by atomic mass is 10.3. The number of esters is 1. The summed E-state index contributed by atoms with van der Waals surface area (Å²) in [6.07, 6.45) is 1.23. The maximum absolute atomic E-state index is 11.4. The van der Waals surface area contributed by atoms with Crippen LogP contribution in [0.3, 0.4) is 0 Å². The molecule has 2 rings (SSSR count). The molecule has 0 amide bonds. The lowest BCUT2D eigenvalue weighted by Crippen LogP contribution is -2.18. The number of hydrazine groups is 1. The second kappa shape index (κ2) is 6.24. The summed E-state index contributed by atoms with van der Waals surface area (Å²) >= 11 is 0. The van der Waals surface area contributed by atoms with Crippen LogP contribution in [0.1, 0.15) is 6.92 Å². The Balaban J connectivity index is 2.01. The molecule has 1 heterocycles. The monoisotopic (exact) mass is 271 g/mol. The van der Waals surface area contributed by atoms with E-state index in [-0.39, 0.29) is 12.2 Å². The first kappa shape index (κ1) is 13.4. The molecule has 102 valence electrons. The Hall–Kier alpha value is -3.01. The Bertz CT molecular complexity index is 650. The Morgan fingerprint density at radius 3 is 3.05 bits per heavy atom. The number of aromatic nitrogens is 2. The standard InChI is InChI=1S/C13H13N5O2/c1-2-20-12(19)9(7-14)8-15-18-13-16-10-5-3-4-6-11(10)17-13/h3-6,8,15H,2H2,1H3,(H2,16,17,18)/b9-8+. The lowest BCUT2D eigenvalue weighted by Gasteiger charge is -2.02. The number of imidazole rings is 1. The number of nitrogens with zero attached hydrogens (tertiary/aromatic N) is 2. The van der Waals surface area contributed by atoms with Gasteiger partial charge in [-0.3, -0.25) is 5.43 Å². The van der Waals surface area contributed by atoms with Gasteiger partial charge in [0.2, 0.25) is 5.95 Å². The van der Waals surface area contributed by atoms with Gasteiger partial charge in [0.25, 0.3) is 0 Å². The van der Waals surface area contributed by atoms with Gasteiger partial charge in [0, 0.05) is 6.20 Å². The highest BCUT2D eigenvalue weighted by atomic mass is 16.5. The van der Waals surface area contributed by atoms with Crippen molar-refractivity contribution in [3.8, 4) is 6.07 Å². The number of H-pyrrole nitrogens is 1. The van der Waals surface area contributed by atoms with Crippen LogP contribution in [0.4, 0.5) is 5.95 Å². The molecular weight excluding hydrogens is 258 g/mol. The van der Waals surface area contributed by atoms with E-state index in [1.54, 1.807) is 13.0 Å². The van der Waals surface area contributed by atoms with E-state index in [1.165, 1.54) is 6.20 Å². The third-order valence-electron chi connectivity index (χ3n) is 2.41. The molecule has 0 saturated heterocycles. The fraction of sp³-hybridized carbons (Fsp3) is 0.154. The molecular formula is C13H13N5O2. The molecule has 0 fully saturated rings. The quantitative estimate of drug-likeness (QED) is 0.329. The van der Waals surface area contributed by atoms with Crippen LogP contribution < -0.4 is 10.9 Å². The van der Waals surface area contributed by atoms with Crippen molar-refractivity contribution < 1.29 is 9.53 Å². The Labute approximate surface area is 115 Å². The summed E-state index contributed by atoms with van der Waals surface area (Å²) in [5, 5.41) is 8.82. The summed E-state index contributed by atoms with van der Waals surface area (Å²) in [5.74, 6) is -0.197. The van der Waals surface area contributed by atoms with Crippen molar-refractivity contribution >= 4 is 23.0 Å². The molecule has 0 saturated carbocycles. The van der Waals surface area contributed by atoms with E-state index < -0.39 is 5.97 Å². The van der Waals surface area contributed by atoms with Crippen LogP contribution >= 0.6 is 0 Å². The number of hydrogen-bond donors (Lipinski definition) is 3. The van der Waals surface area contributed by atoms with E-state index in [0.29, 0.717) is 5.95 Å². The number of nitriles is 1. The molecule has 2 aromatic rings. The molecule has 0 bridgehead atoms. The number of hydrogen-bond acceptors (Lipinski definition) is 6. The number of fused-ring (bicyclic) bond motifs is 1. The first-order valence-corrected chi connectivity index (χ1v) is 5.98. The van der Waals surface area contributed by atoms with Crippen molar-refractivity contribution in [2.24, 2.45) is 0 Å². The van der Waals surface area contributed by atoms with Gasteiger partial charge in [0.15, 0.2) is 5.57 Å². The minimum absolute atomic E-state index is 0.129. The van der Waals surface area contributed by atoms with E-state index in [0.717, 1.165) is 11.0 Å². The highest BCUT2D eigenvalue weighted by Crippen LogP contribution is 2.12. The average Bonchev–Trinajstić information content (AvgIpc) is 2.86. The van der Waals surface area contributed by atoms with Crippen LogP contribution in [0.5, 0.6) is 0 Å². The van der Waals surface area contributed by atoms with Gasteiger partial charge in [-0.05, 0) is 19.1 Å². The molecule has 3 N–H and O–H groups in total. The number of para-hydroxylation sites is 2. The number of ether oxygens (including phenoxy) is 1. The van der Waals surface area contributed by atoms with Crippen molar-refractivity contribution in [2.75, 3.05) is 12.0 Å². The zero-order valence-electron chi connectivity index (χ0n) is 10.8. The normalized spacial score (nSPS) is 10.9. The van der Waals surface area contributed by atoms with Crippen LogP contribution in [-0.2, 0) is 9.53 Å². The molecule has 0 radical (unpaired) electrons. The smallest absolute Gasteiger partial charge is 0.350 e. The molecule has 0 unspecified atom stereocenters. The topological polar surface area (TPSA) is 103 Å². The van der Waals surface area contributed by atoms with Crippen molar-refractivity contribution in [1.82, 2.24) is 15.4 Å². The zero-order valence-corrected chi connectivity index (χ0v) is 10.8. The number of rotatable bonds is 5. The fourth-order valence-corrected chi connectivity index (χ4v) is 1.53. The van der Waals surface area contributed by atoms with Crippen molar-refractivity contribution in [3.05, 3.63) is 36.0 Å². The number of aromatic amines is 1. The molecule has 0 aliphatic carbocycles. The number of benzene rings is 1. The summed E-state index contributed by atoms with van der Waals surface area (Å²) in [7, 11) is 0. The van der Waals surface area contributed by atoms with Crippen LogP contribution in [0.2, 0.25) is 0 Å². The lowest BCUT2D eigenvalue weighted by molar-refractivity contribution is -0.138. The molecule has 0 aliphatic heterocycles. The largest absolute Gasteiger partial charge is 0.462 e.